The third kappa shape index (κ3) is 5.68. The summed E-state index contributed by atoms with van der Waals surface area (Å²) in [6.07, 6.45) is 1.23. The Labute approximate surface area is 200 Å². The third-order valence-corrected chi connectivity index (χ3v) is 9.22. The summed E-state index contributed by atoms with van der Waals surface area (Å²) in [6.45, 7) is 0.513. The number of sulfonamides is 1. The summed E-state index contributed by atoms with van der Waals surface area (Å²) >= 11 is 8.74. The Morgan fingerprint density at radius 3 is 2.66 bits per heavy atom. The van der Waals surface area contributed by atoms with Crippen molar-refractivity contribution in [3.8, 4) is 0 Å². The zero-order valence-corrected chi connectivity index (χ0v) is 20.2. The van der Waals surface area contributed by atoms with Crippen molar-refractivity contribution >= 4 is 55.8 Å². The Balaban J connectivity index is 1.35. The first-order valence-corrected chi connectivity index (χ1v) is 13.6. The number of halogens is 1. The van der Waals surface area contributed by atoms with Gasteiger partial charge < -0.3 is 5.32 Å². The third-order valence-electron chi connectivity index (χ3n) is 5.05. The quantitative estimate of drug-likeness (QED) is 0.372. The minimum absolute atomic E-state index is 0.130. The van der Waals surface area contributed by atoms with Crippen LogP contribution in [0.3, 0.4) is 0 Å². The molecule has 168 valence electrons. The molecule has 1 aliphatic rings. The predicted octanol–water partition coefficient (Wildman–Crippen LogP) is 4.52. The van der Waals surface area contributed by atoms with E-state index in [1.165, 1.54) is 33.3 Å². The number of nitrogens with one attached hydrogen (secondary N) is 1. The molecule has 2 heterocycles. The summed E-state index contributed by atoms with van der Waals surface area (Å²) in [4.78, 5) is 13.0. The summed E-state index contributed by atoms with van der Waals surface area (Å²) in [7, 11) is -3.68. The summed E-state index contributed by atoms with van der Waals surface area (Å²) in [5, 5.41) is 11.9. The first kappa shape index (κ1) is 23.2. The van der Waals surface area contributed by atoms with Crippen molar-refractivity contribution in [2.75, 3.05) is 18.4 Å². The molecular formula is C21H21ClN4O3S3. The van der Waals surface area contributed by atoms with Crippen molar-refractivity contribution in [2.45, 2.75) is 27.8 Å². The van der Waals surface area contributed by atoms with Gasteiger partial charge in [0.25, 0.3) is 0 Å². The largest absolute Gasteiger partial charge is 0.300 e. The van der Waals surface area contributed by atoms with Gasteiger partial charge in [0, 0.05) is 23.9 Å². The van der Waals surface area contributed by atoms with Crippen molar-refractivity contribution in [1.29, 1.82) is 0 Å². The molecule has 1 amide bonds. The van der Waals surface area contributed by atoms with Gasteiger partial charge >= 0.3 is 0 Å². The summed E-state index contributed by atoms with van der Waals surface area (Å²) < 4.78 is 28.0. The molecule has 2 aromatic carbocycles. The minimum atomic E-state index is -3.68. The number of amides is 1. The Kier molecular flexibility index (Phi) is 7.47. The number of anilines is 1. The van der Waals surface area contributed by atoms with Gasteiger partial charge in [0.1, 0.15) is 0 Å². The predicted molar refractivity (Wildman–Crippen MR) is 127 cm³/mol. The van der Waals surface area contributed by atoms with E-state index in [2.05, 4.69) is 15.5 Å². The van der Waals surface area contributed by atoms with E-state index in [4.69, 9.17) is 11.6 Å². The Bertz CT molecular complexity index is 1170. The van der Waals surface area contributed by atoms with Crippen LogP contribution in [-0.2, 0) is 20.6 Å². The minimum Gasteiger partial charge on any atom is -0.300 e. The SMILES string of the molecule is O=C(Nc1nnc(SCc2ccccc2)s1)C1CCCN(S(=O)(=O)c2ccc(Cl)cc2)C1. The molecule has 0 bridgehead atoms. The van der Waals surface area contributed by atoms with Gasteiger partial charge in [-0.3, -0.25) is 4.79 Å². The topological polar surface area (TPSA) is 92.3 Å². The molecular weight excluding hydrogens is 488 g/mol. The van der Waals surface area contributed by atoms with Crippen LogP contribution >= 0.6 is 34.7 Å². The monoisotopic (exact) mass is 508 g/mol. The Hall–Kier alpha value is -1.98. The highest BCUT2D eigenvalue weighted by Crippen LogP contribution is 2.30. The van der Waals surface area contributed by atoms with Crippen LogP contribution in [0.2, 0.25) is 5.02 Å². The van der Waals surface area contributed by atoms with E-state index < -0.39 is 15.9 Å². The number of carbonyl (C=O) groups excluding carboxylic acids is 1. The molecule has 4 rings (SSSR count). The lowest BCUT2D eigenvalue weighted by molar-refractivity contribution is -0.120. The molecule has 32 heavy (non-hydrogen) atoms. The number of carbonyl (C=O) groups is 1. The lowest BCUT2D eigenvalue weighted by atomic mass is 9.99. The van der Waals surface area contributed by atoms with Crippen LogP contribution in [0.15, 0.2) is 63.8 Å². The van der Waals surface area contributed by atoms with Crippen LogP contribution in [-0.4, -0.2) is 41.9 Å². The van der Waals surface area contributed by atoms with Crippen molar-refractivity contribution in [2.24, 2.45) is 5.92 Å². The molecule has 3 aromatic rings. The number of benzene rings is 2. The molecule has 7 nitrogen and oxygen atoms in total. The average Bonchev–Trinajstić information content (AvgIpc) is 3.26. The smallest absolute Gasteiger partial charge is 0.243 e. The molecule has 1 saturated heterocycles. The molecule has 0 spiro atoms. The number of nitrogens with zero attached hydrogens (tertiary/aromatic N) is 3. The second kappa shape index (κ2) is 10.3. The van der Waals surface area contributed by atoms with Crippen LogP contribution in [0.5, 0.6) is 0 Å². The summed E-state index contributed by atoms with van der Waals surface area (Å²) in [5.74, 6) is 0.0794. The fraction of sp³-hybridized carbons (Fsp3) is 0.286. The highest BCUT2D eigenvalue weighted by atomic mass is 35.5. The van der Waals surface area contributed by atoms with E-state index in [0.717, 1.165) is 10.1 Å². The lowest BCUT2D eigenvalue weighted by Gasteiger charge is -2.31. The van der Waals surface area contributed by atoms with E-state index in [0.29, 0.717) is 29.5 Å². The fourth-order valence-corrected chi connectivity index (χ4v) is 6.74. The summed E-state index contributed by atoms with van der Waals surface area (Å²) in [6, 6.07) is 16.1. The van der Waals surface area contributed by atoms with Crippen LogP contribution in [0.4, 0.5) is 5.13 Å². The molecule has 0 radical (unpaired) electrons. The van der Waals surface area contributed by atoms with Crippen molar-refractivity contribution < 1.29 is 13.2 Å². The maximum atomic E-state index is 12.9. The van der Waals surface area contributed by atoms with Crippen LogP contribution in [0.25, 0.3) is 0 Å². The van der Waals surface area contributed by atoms with Crippen LogP contribution in [0, 0.1) is 5.92 Å². The standard InChI is InChI=1S/C21H21ClN4O3S3/c22-17-8-10-18(11-9-17)32(28,29)26-12-4-7-16(13-26)19(27)23-20-24-25-21(31-20)30-14-15-5-2-1-3-6-15/h1-3,5-6,8-11,16H,4,7,12-14H2,(H,23,24,27). The van der Waals surface area contributed by atoms with E-state index in [-0.39, 0.29) is 17.3 Å². The maximum Gasteiger partial charge on any atom is 0.243 e. The van der Waals surface area contributed by atoms with Gasteiger partial charge in [-0.25, -0.2) is 8.42 Å². The van der Waals surface area contributed by atoms with Crippen molar-refractivity contribution in [1.82, 2.24) is 14.5 Å². The van der Waals surface area contributed by atoms with Gasteiger partial charge in [0.05, 0.1) is 10.8 Å². The number of rotatable bonds is 7. The number of piperidine rings is 1. The molecule has 1 atom stereocenters. The highest BCUT2D eigenvalue weighted by Gasteiger charge is 2.33. The average molecular weight is 509 g/mol. The van der Waals surface area contributed by atoms with Gasteiger partial charge in [-0.15, -0.1) is 10.2 Å². The second-order valence-electron chi connectivity index (χ2n) is 7.29. The van der Waals surface area contributed by atoms with Gasteiger partial charge in [0.2, 0.25) is 21.1 Å². The number of hydrogen-bond acceptors (Lipinski definition) is 7. The van der Waals surface area contributed by atoms with E-state index in [1.54, 1.807) is 23.9 Å². The molecule has 0 saturated carbocycles. The van der Waals surface area contributed by atoms with Gasteiger partial charge in [0.15, 0.2) is 4.34 Å². The van der Waals surface area contributed by atoms with Gasteiger partial charge in [-0.2, -0.15) is 4.31 Å². The summed E-state index contributed by atoms with van der Waals surface area (Å²) in [5.41, 5.74) is 1.18. The maximum absolute atomic E-state index is 12.9. The second-order valence-corrected chi connectivity index (χ2v) is 11.9. The Morgan fingerprint density at radius 1 is 1.16 bits per heavy atom. The number of hydrogen-bond donors (Lipinski definition) is 1. The van der Waals surface area contributed by atoms with Gasteiger partial charge in [-0.05, 0) is 42.7 Å². The van der Waals surface area contributed by atoms with Crippen molar-refractivity contribution in [3.05, 3.63) is 65.2 Å². The lowest BCUT2D eigenvalue weighted by Crippen LogP contribution is -2.43. The number of thioether (sulfide) groups is 1. The fourth-order valence-electron chi connectivity index (χ4n) is 3.38. The van der Waals surface area contributed by atoms with Crippen LogP contribution in [0.1, 0.15) is 18.4 Å². The molecule has 1 unspecified atom stereocenters. The highest BCUT2D eigenvalue weighted by molar-refractivity contribution is 8.00. The molecule has 1 aliphatic heterocycles. The molecule has 1 aromatic heterocycles. The molecule has 1 N–H and O–H groups in total. The number of aromatic nitrogens is 2. The first-order chi connectivity index (χ1) is 15.4. The zero-order valence-electron chi connectivity index (χ0n) is 17.0. The molecule has 1 fully saturated rings. The van der Waals surface area contributed by atoms with E-state index >= 15 is 0 Å². The van der Waals surface area contributed by atoms with Crippen LogP contribution < -0.4 is 5.32 Å². The normalized spacial score (nSPS) is 17.2. The van der Waals surface area contributed by atoms with Gasteiger partial charge in [-0.1, -0.05) is 65.0 Å². The van der Waals surface area contributed by atoms with E-state index in [9.17, 15) is 13.2 Å². The van der Waals surface area contributed by atoms with E-state index in [1.807, 2.05) is 30.3 Å². The molecule has 11 heteroatoms. The zero-order chi connectivity index (χ0) is 22.6. The first-order valence-electron chi connectivity index (χ1n) is 9.98. The Morgan fingerprint density at radius 2 is 1.91 bits per heavy atom. The molecule has 0 aliphatic carbocycles. The van der Waals surface area contributed by atoms with Crippen molar-refractivity contribution in [3.63, 3.8) is 0 Å².